The molecule has 2 aliphatic heterocycles. The van der Waals surface area contributed by atoms with Crippen LogP contribution >= 0.6 is 11.8 Å². The molecule has 0 aromatic heterocycles. The molecule has 0 aliphatic carbocycles. The van der Waals surface area contributed by atoms with Crippen LogP contribution in [0.3, 0.4) is 0 Å². The van der Waals surface area contributed by atoms with Crippen molar-refractivity contribution in [2.24, 2.45) is 5.41 Å². The summed E-state index contributed by atoms with van der Waals surface area (Å²) in [6, 6.07) is 10.9. The molecule has 2 heterocycles. The Hall–Kier alpha value is -0.470. The highest BCUT2D eigenvalue weighted by atomic mass is 32.2. The second-order valence-electron chi connectivity index (χ2n) is 5.60. The van der Waals surface area contributed by atoms with Crippen molar-refractivity contribution >= 4 is 11.8 Å². The topological polar surface area (TPSA) is 3.24 Å². The smallest absolute Gasteiger partial charge is 0.0233 e. The average molecular weight is 247 g/mol. The van der Waals surface area contributed by atoms with Crippen LogP contribution in [0.4, 0.5) is 0 Å². The van der Waals surface area contributed by atoms with Crippen molar-refractivity contribution in [3.8, 4) is 0 Å². The Kier molecular flexibility index (Phi) is 3.44. The highest BCUT2D eigenvalue weighted by Gasteiger charge is 2.38. The summed E-state index contributed by atoms with van der Waals surface area (Å²) < 4.78 is 0. The lowest BCUT2D eigenvalue weighted by molar-refractivity contribution is 0.256. The van der Waals surface area contributed by atoms with Crippen molar-refractivity contribution in [2.75, 3.05) is 24.6 Å². The predicted octanol–water partition coefficient (Wildman–Crippen LogP) is 3.41. The summed E-state index contributed by atoms with van der Waals surface area (Å²) in [4.78, 5) is 2.65. The van der Waals surface area contributed by atoms with Gasteiger partial charge in [-0.05, 0) is 42.5 Å². The predicted molar refractivity (Wildman–Crippen MR) is 75.3 cm³/mol. The molecule has 0 N–H and O–H groups in total. The average Bonchev–Trinajstić information content (AvgIpc) is 2.74. The molecule has 17 heavy (non-hydrogen) atoms. The Morgan fingerprint density at radius 2 is 2.06 bits per heavy atom. The van der Waals surface area contributed by atoms with Crippen LogP contribution < -0.4 is 0 Å². The van der Waals surface area contributed by atoms with Crippen LogP contribution in [0.5, 0.6) is 0 Å². The van der Waals surface area contributed by atoms with Crippen molar-refractivity contribution in [1.29, 1.82) is 0 Å². The molecule has 92 valence electrons. The van der Waals surface area contributed by atoms with Crippen molar-refractivity contribution in [1.82, 2.24) is 4.90 Å². The van der Waals surface area contributed by atoms with E-state index in [0.29, 0.717) is 5.41 Å². The number of likely N-dealkylation sites (tertiary alicyclic amines) is 1. The van der Waals surface area contributed by atoms with E-state index in [2.05, 4.69) is 47.0 Å². The van der Waals surface area contributed by atoms with Gasteiger partial charge in [-0.15, -0.1) is 0 Å². The summed E-state index contributed by atoms with van der Waals surface area (Å²) in [6.07, 6.45) is 4.32. The van der Waals surface area contributed by atoms with E-state index >= 15 is 0 Å². The van der Waals surface area contributed by atoms with Gasteiger partial charge in [0.1, 0.15) is 0 Å². The van der Waals surface area contributed by atoms with Gasteiger partial charge >= 0.3 is 0 Å². The first kappa shape index (κ1) is 11.6. The summed E-state index contributed by atoms with van der Waals surface area (Å²) in [5.74, 6) is 2.79. The van der Waals surface area contributed by atoms with Crippen LogP contribution in [-0.4, -0.2) is 29.5 Å². The molecule has 0 bridgehead atoms. The van der Waals surface area contributed by atoms with Gasteiger partial charge in [-0.2, -0.15) is 11.8 Å². The van der Waals surface area contributed by atoms with Crippen molar-refractivity contribution in [3.63, 3.8) is 0 Å². The highest BCUT2D eigenvalue weighted by Crippen LogP contribution is 2.42. The third kappa shape index (κ3) is 2.69. The standard InChI is InChI=1S/C15H21NS/c1-2-5-14(6-3-1)11-16-9-8-15(12-16)7-4-10-17-13-15/h1-3,5-6H,4,7-13H2. The number of thioether (sulfide) groups is 1. The Morgan fingerprint density at radius 1 is 1.18 bits per heavy atom. The second-order valence-corrected chi connectivity index (χ2v) is 6.71. The van der Waals surface area contributed by atoms with Crippen molar-refractivity contribution in [3.05, 3.63) is 35.9 Å². The van der Waals surface area contributed by atoms with E-state index < -0.39 is 0 Å². The first-order chi connectivity index (χ1) is 8.36. The molecule has 1 aromatic carbocycles. The first-order valence-electron chi connectivity index (χ1n) is 6.70. The molecule has 1 unspecified atom stereocenters. The lowest BCUT2D eigenvalue weighted by atomic mass is 9.84. The van der Waals surface area contributed by atoms with E-state index in [4.69, 9.17) is 0 Å². The molecular formula is C15H21NS. The molecule has 0 amide bonds. The minimum Gasteiger partial charge on any atom is -0.298 e. The first-order valence-corrected chi connectivity index (χ1v) is 7.86. The number of rotatable bonds is 2. The van der Waals surface area contributed by atoms with Gasteiger partial charge in [-0.1, -0.05) is 30.3 Å². The maximum atomic E-state index is 2.65. The van der Waals surface area contributed by atoms with Crippen molar-refractivity contribution < 1.29 is 0 Å². The lowest BCUT2D eigenvalue weighted by Gasteiger charge is -2.33. The summed E-state index contributed by atoms with van der Waals surface area (Å²) in [5, 5.41) is 0. The van der Waals surface area contributed by atoms with Gasteiger partial charge in [0.15, 0.2) is 0 Å². The van der Waals surface area contributed by atoms with Crippen LogP contribution in [0, 0.1) is 5.41 Å². The van der Waals surface area contributed by atoms with Crippen LogP contribution in [0.15, 0.2) is 30.3 Å². The molecular weight excluding hydrogens is 226 g/mol. The van der Waals surface area contributed by atoms with Crippen LogP contribution in [0.1, 0.15) is 24.8 Å². The van der Waals surface area contributed by atoms with E-state index in [1.54, 1.807) is 0 Å². The van der Waals surface area contributed by atoms with E-state index in [-0.39, 0.29) is 0 Å². The third-order valence-electron chi connectivity index (χ3n) is 4.17. The Bertz CT molecular complexity index is 356. The van der Waals surface area contributed by atoms with Gasteiger partial charge in [-0.3, -0.25) is 4.90 Å². The largest absolute Gasteiger partial charge is 0.298 e. The molecule has 2 aliphatic rings. The molecule has 2 heteroatoms. The monoisotopic (exact) mass is 247 g/mol. The van der Waals surface area contributed by atoms with E-state index in [1.807, 2.05) is 0 Å². The quantitative estimate of drug-likeness (QED) is 0.788. The molecule has 1 spiro atoms. The summed E-state index contributed by atoms with van der Waals surface area (Å²) in [7, 11) is 0. The minimum absolute atomic E-state index is 0.664. The maximum absolute atomic E-state index is 2.65. The molecule has 1 aromatic rings. The summed E-state index contributed by atoms with van der Waals surface area (Å²) in [5.41, 5.74) is 2.13. The SMILES string of the molecule is c1ccc(CN2CCC3(CCCSC3)C2)cc1. The Morgan fingerprint density at radius 3 is 2.82 bits per heavy atom. The van der Waals surface area contributed by atoms with Gasteiger partial charge in [0.2, 0.25) is 0 Å². The summed E-state index contributed by atoms with van der Waals surface area (Å²) in [6.45, 7) is 3.78. The molecule has 3 rings (SSSR count). The fourth-order valence-electron chi connectivity index (χ4n) is 3.24. The van der Waals surface area contributed by atoms with E-state index in [0.717, 1.165) is 6.54 Å². The maximum Gasteiger partial charge on any atom is 0.0233 e. The van der Waals surface area contributed by atoms with Crippen LogP contribution in [-0.2, 0) is 6.54 Å². The Labute approximate surface area is 109 Å². The van der Waals surface area contributed by atoms with E-state index in [9.17, 15) is 0 Å². The lowest BCUT2D eigenvalue weighted by Crippen LogP contribution is -2.31. The molecule has 1 nitrogen and oxygen atoms in total. The third-order valence-corrected chi connectivity index (χ3v) is 5.56. The number of hydrogen-bond acceptors (Lipinski definition) is 2. The van der Waals surface area contributed by atoms with Crippen molar-refractivity contribution in [2.45, 2.75) is 25.8 Å². The van der Waals surface area contributed by atoms with Crippen LogP contribution in [0.2, 0.25) is 0 Å². The van der Waals surface area contributed by atoms with Gasteiger partial charge in [0.05, 0.1) is 0 Å². The van der Waals surface area contributed by atoms with Crippen LogP contribution in [0.25, 0.3) is 0 Å². The second kappa shape index (κ2) is 5.03. The number of nitrogens with zero attached hydrogens (tertiary/aromatic N) is 1. The Balaban J connectivity index is 1.60. The molecule has 0 radical (unpaired) electrons. The minimum atomic E-state index is 0.664. The van der Waals surface area contributed by atoms with E-state index in [1.165, 1.54) is 49.4 Å². The fraction of sp³-hybridized carbons (Fsp3) is 0.600. The normalized spacial score (nSPS) is 29.9. The van der Waals surface area contributed by atoms with Gasteiger partial charge in [-0.25, -0.2) is 0 Å². The zero-order valence-corrected chi connectivity index (χ0v) is 11.2. The molecule has 2 saturated heterocycles. The zero-order chi connectivity index (χ0) is 11.6. The molecule has 1 atom stereocenters. The number of benzene rings is 1. The summed E-state index contributed by atoms with van der Waals surface area (Å²) >= 11 is 2.17. The van der Waals surface area contributed by atoms with Gasteiger partial charge < -0.3 is 0 Å². The molecule has 0 saturated carbocycles. The highest BCUT2D eigenvalue weighted by molar-refractivity contribution is 7.99. The zero-order valence-electron chi connectivity index (χ0n) is 10.4. The molecule has 2 fully saturated rings. The fourth-order valence-corrected chi connectivity index (χ4v) is 4.54. The van der Waals surface area contributed by atoms with Gasteiger partial charge in [0.25, 0.3) is 0 Å². The number of hydrogen-bond donors (Lipinski definition) is 0. The van der Waals surface area contributed by atoms with Gasteiger partial charge in [0, 0.05) is 18.8 Å².